The molecule has 0 aliphatic rings. The van der Waals surface area contributed by atoms with Gasteiger partial charge in [0.2, 0.25) is 0 Å². The van der Waals surface area contributed by atoms with Crippen molar-refractivity contribution in [1.29, 1.82) is 0 Å². The summed E-state index contributed by atoms with van der Waals surface area (Å²) in [5.74, 6) is 0.0188. The summed E-state index contributed by atoms with van der Waals surface area (Å²) in [5, 5.41) is 0.140. The van der Waals surface area contributed by atoms with Gasteiger partial charge in [-0.2, -0.15) is 0 Å². The summed E-state index contributed by atoms with van der Waals surface area (Å²) in [7, 11) is -3.62. The topological polar surface area (TPSA) is 75.0 Å². The van der Waals surface area contributed by atoms with E-state index >= 15 is 0 Å². The third-order valence-corrected chi connectivity index (χ3v) is 4.63. The first kappa shape index (κ1) is 17.7. The van der Waals surface area contributed by atoms with E-state index in [1.807, 2.05) is 0 Å². The Hall–Kier alpha value is -1.36. The molecule has 118 valence electrons. The first-order valence-electron chi connectivity index (χ1n) is 6.80. The van der Waals surface area contributed by atoms with Crippen molar-refractivity contribution < 1.29 is 27.6 Å². The molecule has 0 amide bonds. The molecule has 0 aromatic carbocycles. The highest BCUT2D eigenvalue weighted by Gasteiger charge is 2.32. The number of rotatable bonds is 8. The first-order valence-corrected chi connectivity index (χ1v) is 8.34. The van der Waals surface area contributed by atoms with Crippen LogP contribution in [0.4, 0.5) is 0 Å². The van der Waals surface area contributed by atoms with E-state index in [9.17, 15) is 9.36 Å². The van der Waals surface area contributed by atoms with Gasteiger partial charge in [0.15, 0.2) is 0 Å². The molecule has 1 heterocycles. The molecule has 0 fully saturated rings. The van der Waals surface area contributed by atoms with Gasteiger partial charge in [0, 0.05) is 11.6 Å². The lowest BCUT2D eigenvalue weighted by Crippen LogP contribution is -2.04. The van der Waals surface area contributed by atoms with Crippen LogP contribution in [0.3, 0.4) is 0 Å². The number of carbonyl (C=O) groups is 1. The first-order chi connectivity index (χ1) is 9.96. The van der Waals surface area contributed by atoms with E-state index in [0.29, 0.717) is 11.3 Å². The zero-order valence-electron chi connectivity index (χ0n) is 12.8. The maximum atomic E-state index is 12.9. The third-order valence-electron chi connectivity index (χ3n) is 2.46. The van der Waals surface area contributed by atoms with E-state index < -0.39 is 13.6 Å². The van der Waals surface area contributed by atoms with Crippen molar-refractivity contribution >= 4 is 18.9 Å². The normalized spacial score (nSPS) is 12.5. The van der Waals surface area contributed by atoms with Crippen LogP contribution in [0, 0.1) is 6.92 Å². The molecule has 0 saturated heterocycles. The predicted molar refractivity (Wildman–Crippen MR) is 78.9 cm³/mol. The van der Waals surface area contributed by atoms with Crippen molar-refractivity contribution in [2.75, 3.05) is 19.8 Å². The molecular formula is C14H21O6P. The van der Waals surface area contributed by atoms with Gasteiger partial charge in [-0.3, -0.25) is 4.57 Å². The SMILES string of the molecule is CCOC(=O)C=C(c1coc(C)c1)P(=O)(OCC)OCC. The summed E-state index contributed by atoms with van der Waals surface area (Å²) in [5.41, 5.74) is 0.478. The summed E-state index contributed by atoms with van der Waals surface area (Å²) >= 11 is 0. The fraction of sp³-hybridized carbons (Fsp3) is 0.500. The molecule has 0 N–H and O–H groups in total. The second-order valence-corrected chi connectivity index (χ2v) is 6.05. The van der Waals surface area contributed by atoms with Crippen LogP contribution in [0.15, 0.2) is 22.8 Å². The highest BCUT2D eigenvalue weighted by Crippen LogP contribution is 2.60. The minimum atomic E-state index is -3.62. The average Bonchev–Trinajstić information content (AvgIpc) is 2.83. The molecule has 0 atom stereocenters. The van der Waals surface area contributed by atoms with Crippen LogP contribution in [0.2, 0.25) is 0 Å². The highest BCUT2D eigenvalue weighted by atomic mass is 31.2. The zero-order chi connectivity index (χ0) is 15.9. The molecule has 0 unspecified atom stereocenters. The minimum absolute atomic E-state index is 0.140. The minimum Gasteiger partial charge on any atom is -0.469 e. The van der Waals surface area contributed by atoms with Crippen LogP contribution in [0.5, 0.6) is 0 Å². The van der Waals surface area contributed by atoms with Crippen molar-refractivity contribution in [3.05, 3.63) is 29.7 Å². The second-order valence-electron chi connectivity index (χ2n) is 4.06. The van der Waals surface area contributed by atoms with Crippen LogP contribution in [-0.4, -0.2) is 25.8 Å². The maximum absolute atomic E-state index is 12.9. The van der Waals surface area contributed by atoms with Crippen molar-refractivity contribution in [2.24, 2.45) is 0 Å². The molecule has 7 heteroatoms. The Labute approximate surface area is 124 Å². The van der Waals surface area contributed by atoms with Crippen molar-refractivity contribution in [3.63, 3.8) is 0 Å². The number of ether oxygens (including phenoxy) is 1. The molecule has 0 aliphatic heterocycles. The summed E-state index contributed by atoms with van der Waals surface area (Å²) in [4.78, 5) is 11.7. The fourth-order valence-corrected chi connectivity index (χ4v) is 3.44. The molecule has 1 aromatic heterocycles. The molecule has 0 saturated carbocycles. The number of esters is 1. The third kappa shape index (κ3) is 4.84. The van der Waals surface area contributed by atoms with Gasteiger partial charge in [0.25, 0.3) is 0 Å². The van der Waals surface area contributed by atoms with Gasteiger partial charge >= 0.3 is 13.6 Å². The van der Waals surface area contributed by atoms with Gasteiger partial charge in [-0.25, -0.2) is 4.79 Å². The van der Waals surface area contributed by atoms with E-state index in [4.69, 9.17) is 18.2 Å². The quantitative estimate of drug-likeness (QED) is 0.413. The Morgan fingerprint density at radius 1 is 1.24 bits per heavy atom. The Kier molecular flexibility index (Phi) is 6.89. The maximum Gasteiger partial charge on any atom is 0.362 e. The zero-order valence-corrected chi connectivity index (χ0v) is 13.6. The smallest absolute Gasteiger partial charge is 0.362 e. The standard InChI is InChI=1S/C14H21O6P/c1-5-17-14(15)9-13(12-8-11(4)18-10-12)21(16,19-6-2)20-7-3/h8-10H,5-7H2,1-4H3. The molecule has 21 heavy (non-hydrogen) atoms. The number of hydrogen-bond acceptors (Lipinski definition) is 6. The van der Waals surface area contributed by atoms with E-state index in [0.717, 1.165) is 6.08 Å². The van der Waals surface area contributed by atoms with Gasteiger partial charge in [-0.1, -0.05) is 0 Å². The number of aryl methyl sites for hydroxylation is 1. The Morgan fingerprint density at radius 2 is 1.86 bits per heavy atom. The molecule has 0 radical (unpaired) electrons. The largest absolute Gasteiger partial charge is 0.469 e. The number of hydrogen-bond donors (Lipinski definition) is 0. The van der Waals surface area contributed by atoms with Crippen LogP contribution < -0.4 is 0 Å². The molecule has 6 nitrogen and oxygen atoms in total. The lowest BCUT2D eigenvalue weighted by Gasteiger charge is -2.19. The van der Waals surface area contributed by atoms with Crippen molar-refractivity contribution in [2.45, 2.75) is 27.7 Å². The van der Waals surface area contributed by atoms with Crippen LogP contribution >= 0.6 is 7.60 Å². The lowest BCUT2D eigenvalue weighted by atomic mass is 10.3. The molecular weight excluding hydrogens is 295 g/mol. The lowest BCUT2D eigenvalue weighted by molar-refractivity contribution is -0.137. The Bertz CT molecular complexity index is 535. The van der Waals surface area contributed by atoms with E-state index in [1.54, 1.807) is 33.8 Å². The molecule has 1 aromatic rings. The second kappa shape index (κ2) is 8.17. The van der Waals surface area contributed by atoms with Crippen molar-refractivity contribution in [1.82, 2.24) is 0 Å². The van der Waals surface area contributed by atoms with E-state index in [1.165, 1.54) is 6.26 Å². The average molecular weight is 316 g/mol. The summed E-state index contributed by atoms with van der Waals surface area (Å²) in [6.07, 6.45) is 2.55. The van der Waals surface area contributed by atoms with Crippen LogP contribution in [0.25, 0.3) is 5.31 Å². The molecule has 0 spiro atoms. The molecule has 0 bridgehead atoms. The summed E-state index contributed by atoms with van der Waals surface area (Å²) < 4.78 is 33.6. The predicted octanol–water partition coefficient (Wildman–Crippen LogP) is 3.76. The number of carbonyl (C=O) groups excluding carboxylic acids is 1. The van der Waals surface area contributed by atoms with Crippen LogP contribution in [-0.2, 0) is 23.1 Å². The van der Waals surface area contributed by atoms with Crippen molar-refractivity contribution in [3.8, 4) is 0 Å². The molecule has 0 aliphatic carbocycles. The van der Waals surface area contributed by atoms with E-state index in [-0.39, 0.29) is 25.1 Å². The van der Waals surface area contributed by atoms with E-state index in [2.05, 4.69) is 0 Å². The Morgan fingerprint density at radius 3 is 2.29 bits per heavy atom. The molecule has 1 rings (SSSR count). The van der Waals surface area contributed by atoms with Crippen LogP contribution in [0.1, 0.15) is 32.1 Å². The van der Waals surface area contributed by atoms with Gasteiger partial charge < -0.3 is 18.2 Å². The fourth-order valence-electron chi connectivity index (χ4n) is 1.71. The highest BCUT2D eigenvalue weighted by molar-refractivity contribution is 7.65. The number of furan rings is 1. The summed E-state index contributed by atoms with van der Waals surface area (Å²) in [6.45, 7) is 7.45. The van der Waals surface area contributed by atoms with Gasteiger partial charge in [-0.15, -0.1) is 0 Å². The monoisotopic (exact) mass is 316 g/mol. The van der Waals surface area contributed by atoms with Gasteiger partial charge in [0.05, 0.1) is 31.4 Å². The van der Waals surface area contributed by atoms with Gasteiger partial charge in [0.1, 0.15) is 5.76 Å². The van der Waals surface area contributed by atoms with Gasteiger partial charge in [-0.05, 0) is 33.8 Å². The Balaban J connectivity index is 3.29. The summed E-state index contributed by atoms with van der Waals surface area (Å²) in [6, 6.07) is 1.66.